The number of ether oxygens (including phenoxy) is 2. The van der Waals surface area contributed by atoms with Gasteiger partial charge in [-0.3, -0.25) is 0 Å². The van der Waals surface area contributed by atoms with Gasteiger partial charge in [-0.15, -0.1) is 0 Å². The first-order valence-electron chi connectivity index (χ1n) is 10.5. The van der Waals surface area contributed by atoms with E-state index in [0.717, 1.165) is 17.3 Å². The minimum Gasteiger partial charge on any atom is -0.465 e. The lowest BCUT2D eigenvalue weighted by atomic mass is 9.73. The Balaban J connectivity index is 0. The van der Waals surface area contributed by atoms with Crippen LogP contribution in [-0.4, -0.2) is 43.3 Å². The molecule has 6 nitrogen and oxygen atoms in total. The van der Waals surface area contributed by atoms with Crippen molar-refractivity contribution in [3.63, 3.8) is 0 Å². The third-order valence-electron chi connectivity index (χ3n) is 4.93. The molecule has 0 aliphatic carbocycles. The van der Waals surface area contributed by atoms with Crippen LogP contribution < -0.4 is 0 Å². The highest BCUT2D eigenvalue weighted by Crippen LogP contribution is 2.19. The third kappa shape index (κ3) is 13.5. The van der Waals surface area contributed by atoms with Crippen molar-refractivity contribution in [3.05, 3.63) is 69.7 Å². The van der Waals surface area contributed by atoms with Gasteiger partial charge >= 0.3 is 19.1 Å². The van der Waals surface area contributed by atoms with E-state index >= 15 is 0 Å². The van der Waals surface area contributed by atoms with Crippen LogP contribution in [0.2, 0.25) is 5.82 Å². The summed E-state index contributed by atoms with van der Waals surface area (Å²) in [5.41, 5.74) is 2.44. The molecule has 9 heteroatoms. The maximum Gasteiger partial charge on any atom is 0.454 e. The summed E-state index contributed by atoms with van der Waals surface area (Å²) in [6, 6.07) is 14.6. The molecule has 2 atom stereocenters. The summed E-state index contributed by atoms with van der Waals surface area (Å²) in [6.07, 6.45) is 1.93. The number of hydrogen-bond donors (Lipinski definition) is 2. The number of carbonyl (C=O) groups excluding carboxylic acids is 2. The lowest BCUT2D eigenvalue weighted by Crippen LogP contribution is -2.16. The molecule has 0 fully saturated rings. The minimum atomic E-state index is -1.13. The van der Waals surface area contributed by atoms with E-state index in [1.165, 1.54) is 19.8 Å². The molecular weight excluding hydrogens is 507 g/mol. The smallest absolute Gasteiger partial charge is 0.454 e. The van der Waals surface area contributed by atoms with Crippen molar-refractivity contribution in [2.75, 3.05) is 14.2 Å². The van der Waals surface area contributed by atoms with Gasteiger partial charge in [-0.25, -0.2) is 9.59 Å². The Morgan fingerprint density at radius 3 is 1.52 bits per heavy atom. The van der Waals surface area contributed by atoms with Gasteiger partial charge in [0, 0.05) is 4.47 Å². The average molecular weight is 543 g/mol. The summed E-state index contributed by atoms with van der Waals surface area (Å²) in [4.78, 5) is 22.0. The molecule has 0 radical (unpaired) electrons. The van der Waals surface area contributed by atoms with E-state index in [-0.39, 0.29) is 31.3 Å². The van der Waals surface area contributed by atoms with Crippen LogP contribution in [0.5, 0.6) is 0 Å². The van der Waals surface area contributed by atoms with Crippen molar-refractivity contribution in [2.24, 2.45) is 0 Å². The van der Waals surface area contributed by atoms with E-state index in [1.54, 1.807) is 31.2 Å². The van der Waals surface area contributed by atoms with E-state index in [1.807, 2.05) is 31.2 Å². The predicted molar refractivity (Wildman–Crippen MR) is 142 cm³/mol. The largest absolute Gasteiger partial charge is 0.465 e. The lowest BCUT2D eigenvalue weighted by molar-refractivity contribution is 0.0592. The average Bonchev–Trinajstić information content (AvgIpc) is 2.83. The number of halogens is 1. The predicted octanol–water partition coefficient (Wildman–Crippen LogP) is 5.59. The summed E-state index contributed by atoms with van der Waals surface area (Å²) in [5, 5.41) is 16.8. The van der Waals surface area contributed by atoms with Crippen LogP contribution in [0.25, 0.3) is 0 Å². The van der Waals surface area contributed by atoms with Crippen LogP contribution in [0.4, 0.5) is 0 Å². The summed E-state index contributed by atoms with van der Waals surface area (Å²) in [6.45, 7) is 8.04. The Hall–Kier alpha value is -1.81. The van der Waals surface area contributed by atoms with Gasteiger partial charge in [-0.2, -0.15) is 13.5 Å². The molecule has 0 heterocycles. The van der Waals surface area contributed by atoms with Crippen molar-refractivity contribution >= 4 is 48.5 Å². The molecule has 2 rings (SSSR count). The van der Waals surface area contributed by atoms with Crippen molar-refractivity contribution in [1.29, 1.82) is 0 Å². The molecule has 0 amide bonds. The lowest BCUT2D eigenvalue weighted by Gasteiger charge is -2.08. The van der Waals surface area contributed by atoms with Crippen LogP contribution in [0, 0.1) is 0 Å². The van der Waals surface area contributed by atoms with Crippen LogP contribution in [-0.2, 0) is 9.47 Å². The molecule has 2 N–H and O–H groups in total. The molecule has 0 aliphatic heterocycles. The second-order valence-corrected chi connectivity index (χ2v) is 8.14. The Morgan fingerprint density at radius 1 is 0.848 bits per heavy atom. The first-order chi connectivity index (χ1) is 15.1. The minimum absolute atomic E-state index is 0. The van der Waals surface area contributed by atoms with Gasteiger partial charge in [0.15, 0.2) is 0 Å². The maximum atomic E-state index is 11.1. The number of rotatable bonds is 6. The molecule has 0 aromatic heterocycles. The Kier molecular flexibility index (Phi) is 18.8. The first kappa shape index (κ1) is 33.4. The fourth-order valence-electron chi connectivity index (χ4n) is 2.22. The fraction of sp³-hybridized carbons (Fsp3) is 0.417. The second kappa shape index (κ2) is 18.6. The highest BCUT2D eigenvalue weighted by Gasteiger charge is 2.14. The van der Waals surface area contributed by atoms with Gasteiger partial charge in [0.25, 0.3) is 0 Å². The van der Waals surface area contributed by atoms with E-state index in [0.29, 0.717) is 17.0 Å². The summed E-state index contributed by atoms with van der Waals surface area (Å²) >= 11 is 3.26. The Labute approximate surface area is 213 Å². The molecular formula is C24H36BBrO6S. The van der Waals surface area contributed by atoms with Crippen molar-refractivity contribution in [3.8, 4) is 0 Å². The van der Waals surface area contributed by atoms with Crippen molar-refractivity contribution in [2.45, 2.75) is 52.3 Å². The van der Waals surface area contributed by atoms with E-state index in [9.17, 15) is 9.59 Å². The summed E-state index contributed by atoms with van der Waals surface area (Å²) < 4.78 is 10.1. The molecule has 0 aliphatic rings. The molecule has 2 aromatic rings. The number of hydrogen-bond acceptors (Lipinski definition) is 6. The quantitative estimate of drug-likeness (QED) is 0.365. The molecule has 2 aromatic carbocycles. The van der Waals surface area contributed by atoms with Gasteiger partial charge in [0.2, 0.25) is 0 Å². The van der Waals surface area contributed by atoms with Crippen LogP contribution in [0.1, 0.15) is 72.7 Å². The van der Waals surface area contributed by atoms with Gasteiger partial charge in [-0.05, 0) is 60.1 Å². The molecule has 0 saturated carbocycles. The maximum absolute atomic E-state index is 11.1. The van der Waals surface area contributed by atoms with Crippen LogP contribution in [0.15, 0.2) is 53.0 Å². The van der Waals surface area contributed by atoms with Gasteiger partial charge in [0.1, 0.15) is 0 Å². The monoisotopic (exact) mass is 542 g/mol. The Bertz CT molecular complexity index is 800. The normalized spacial score (nSPS) is 11.2. The van der Waals surface area contributed by atoms with Gasteiger partial charge < -0.3 is 19.5 Å². The molecule has 33 heavy (non-hydrogen) atoms. The SMILES string of the molecule is CC[C@H](C)B(O)O.CC[C@H](C)c1ccc(C(=O)OC)cc1.COC(=O)c1ccc(Br)cc1.S. The highest BCUT2D eigenvalue weighted by molar-refractivity contribution is 9.10. The van der Waals surface area contributed by atoms with E-state index in [4.69, 9.17) is 10.0 Å². The highest BCUT2D eigenvalue weighted by atomic mass is 79.9. The molecule has 0 spiro atoms. The summed E-state index contributed by atoms with van der Waals surface area (Å²) in [5.74, 6) is -0.0279. The zero-order chi connectivity index (χ0) is 24.7. The van der Waals surface area contributed by atoms with Gasteiger partial charge in [0.05, 0.1) is 25.3 Å². The van der Waals surface area contributed by atoms with E-state index in [2.05, 4.69) is 39.3 Å². The number of carbonyl (C=O) groups is 2. The van der Waals surface area contributed by atoms with Crippen molar-refractivity contribution in [1.82, 2.24) is 0 Å². The molecule has 0 saturated heterocycles. The van der Waals surface area contributed by atoms with E-state index < -0.39 is 7.12 Å². The first-order valence-corrected chi connectivity index (χ1v) is 11.3. The van der Waals surface area contributed by atoms with Crippen LogP contribution in [0.3, 0.4) is 0 Å². The standard InChI is InChI=1S/C12H16O2.C8H7BrO2.C4H11BO2.H2S/c1-4-9(2)10-5-7-11(8-6-10)12(13)14-3;1-11-8(10)6-2-4-7(9)5-3-6;1-3-4(2)5(6)7;/h5-9H,4H2,1-3H3;2-5H,1H3;4,6-7H,3H2,1-2H3;1H2/t9-;;4-;/m0.0./s1. The fourth-order valence-corrected chi connectivity index (χ4v) is 2.48. The zero-order valence-electron chi connectivity index (χ0n) is 20.2. The van der Waals surface area contributed by atoms with Gasteiger partial charge in [-0.1, -0.05) is 62.2 Å². The summed E-state index contributed by atoms with van der Waals surface area (Å²) in [7, 11) is 1.62. The third-order valence-corrected chi connectivity index (χ3v) is 5.46. The van der Waals surface area contributed by atoms with Crippen LogP contribution >= 0.6 is 29.4 Å². The topological polar surface area (TPSA) is 93.1 Å². The molecule has 0 bridgehead atoms. The Morgan fingerprint density at radius 2 is 1.24 bits per heavy atom. The molecule has 184 valence electrons. The second-order valence-electron chi connectivity index (χ2n) is 7.22. The zero-order valence-corrected chi connectivity index (χ0v) is 22.8. The van der Waals surface area contributed by atoms with Crippen molar-refractivity contribution < 1.29 is 29.1 Å². The number of esters is 2. The number of benzene rings is 2. The number of methoxy groups -OCH3 is 2. The molecule has 0 unspecified atom stereocenters.